The van der Waals surface area contributed by atoms with Crippen molar-refractivity contribution in [1.29, 1.82) is 0 Å². The largest absolute Gasteiger partial charge is 0.327 e. The van der Waals surface area contributed by atoms with Crippen molar-refractivity contribution in [3.05, 3.63) is 33.8 Å². The van der Waals surface area contributed by atoms with Gasteiger partial charge in [-0.3, -0.25) is 0 Å². The van der Waals surface area contributed by atoms with Gasteiger partial charge in [-0.2, -0.15) is 0 Å². The molecule has 3 heteroatoms. The number of nitrogens with two attached hydrogens (primary N) is 1. The summed E-state index contributed by atoms with van der Waals surface area (Å²) in [6.07, 6.45) is 12.6. The van der Waals surface area contributed by atoms with Gasteiger partial charge in [-0.15, -0.1) is 0 Å². The first kappa shape index (κ1) is 18.8. The van der Waals surface area contributed by atoms with Crippen LogP contribution in [0.3, 0.4) is 0 Å². The number of hydrogen-bond donors (Lipinski definition) is 1. The Morgan fingerprint density at radius 3 is 2.19 bits per heavy atom. The van der Waals surface area contributed by atoms with E-state index in [2.05, 4.69) is 6.92 Å². The summed E-state index contributed by atoms with van der Waals surface area (Å²) < 4.78 is 0. The molecular weight excluding hydrogens is 301 g/mol. The summed E-state index contributed by atoms with van der Waals surface area (Å²) in [6, 6.07) is 5.86. The molecule has 120 valence electrons. The van der Waals surface area contributed by atoms with Gasteiger partial charge in [0.05, 0.1) is 0 Å². The third kappa shape index (κ3) is 8.70. The maximum absolute atomic E-state index is 6.20. The maximum Gasteiger partial charge on any atom is 0.0453 e. The fourth-order valence-electron chi connectivity index (χ4n) is 2.61. The summed E-state index contributed by atoms with van der Waals surface area (Å²) in [4.78, 5) is 0. The van der Waals surface area contributed by atoms with Crippen molar-refractivity contribution in [3.63, 3.8) is 0 Å². The summed E-state index contributed by atoms with van der Waals surface area (Å²) in [5.41, 5.74) is 7.31. The average Bonchev–Trinajstić information content (AvgIpc) is 2.45. The molecule has 0 aromatic heterocycles. The van der Waals surface area contributed by atoms with E-state index in [1.165, 1.54) is 51.4 Å². The molecule has 0 saturated carbocycles. The molecule has 1 aromatic rings. The topological polar surface area (TPSA) is 26.0 Å². The van der Waals surface area contributed by atoms with Gasteiger partial charge in [-0.05, 0) is 30.5 Å². The van der Waals surface area contributed by atoms with Gasteiger partial charge in [0.1, 0.15) is 0 Å². The highest BCUT2D eigenvalue weighted by Gasteiger charge is 2.07. The molecule has 1 atom stereocenters. The first-order valence-electron chi connectivity index (χ1n) is 8.33. The second-order valence-corrected chi connectivity index (χ2v) is 6.81. The molecule has 0 fully saturated rings. The van der Waals surface area contributed by atoms with Crippen molar-refractivity contribution in [2.24, 2.45) is 5.73 Å². The molecule has 1 aromatic carbocycles. The van der Waals surface area contributed by atoms with E-state index in [4.69, 9.17) is 28.9 Å². The monoisotopic (exact) mass is 329 g/mol. The number of halogens is 2. The lowest BCUT2D eigenvalue weighted by atomic mass is 10.00. The van der Waals surface area contributed by atoms with Gasteiger partial charge in [-0.25, -0.2) is 0 Å². The Morgan fingerprint density at radius 1 is 0.952 bits per heavy atom. The Kier molecular flexibility index (Phi) is 10.2. The lowest BCUT2D eigenvalue weighted by Crippen LogP contribution is -2.22. The van der Waals surface area contributed by atoms with Crippen LogP contribution in [0.1, 0.15) is 70.3 Å². The molecular formula is C18H29Cl2N. The third-order valence-corrected chi connectivity index (χ3v) is 4.51. The van der Waals surface area contributed by atoms with Gasteiger partial charge < -0.3 is 5.73 Å². The Hall–Kier alpha value is -0.240. The number of hydrogen-bond acceptors (Lipinski definition) is 1. The number of benzene rings is 1. The molecule has 0 amide bonds. The van der Waals surface area contributed by atoms with E-state index in [1.54, 1.807) is 6.07 Å². The minimum Gasteiger partial charge on any atom is -0.327 e. The van der Waals surface area contributed by atoms with Crippen LogP contribution in [0.25, 0.3) is 0 Å². The normalized spacial score (nSPS) is 12.6. The zero-order valence-corrected chi connectivity index (χ0v) is 14.7. The number of rotatable bonds is 11. The first-order valence-corrected chi connectivity index (χ1v) is 9.08. The average molecular weight is 330 g/mol. The fourth-order valence-corrected chi connectivity index (χ4v) is 3.10. The van der Waals surface area contributed by atoms with Gasteiger partial charge in [-0.1, -0.05) is 87.6 Å². The van der Waals surface area contributed by atoms with Crippen LogP contribution in [0.15, 0.2) is 18.2 Å². The lowest BCUT2D eigenvalue weighted by Gasteiger charge is -2.13. The van der Waals surface area contributed by atoms with E-state index < -0.39 is 0 Å². The molecule has 0 bridgehead atoms. The van der Waals surface area contributed by atoms with Crippen LogP contribution in [0, 0.1) is 0 Å². The summed E-state index contributed by atoms with van der Waals surface area (Å²) in [5.74, 6) is 0. The minimum absolute atomic E-state index is 0.198. The van der Waals surface area contributed by atoms with Crippen LogP contribution in [0.4, 0.5) is 0 Å². The molecule has 0 aliphatic heterocycles. The molecule has 1 unspecified atom stereocenters. The molecule has 0 aliphatic carbocycles. The first-order chi connectivity index (χ1) is 10.1. The molecule has 0 spiro atoms. The van der Waals surface area contributed by atoms with Crippen molar-refractivity contribution in [2.75, 3.05) is 0 Å². The Bertz CT molecular complexity index is 393. The molecule has 0 saturated heterocycles. The standard InChI is InChI=1S/C18H29Cl2N/c1-2-3-4-5-6-7-8-9-10-17(21)13-15-11-12-16(19)14-18(15)20/h11-12,14,17H,2-10,13,21H2,1H3. The third-order valence-electron chi connectivity index (χ3n) is 3.93. The van der Waals surface area contributed by atoms with Gasteiger partial charge in [0, 0.05) is 16.1 Å². The Labute approximate surface area is 140 Å². The molecule has 1 rings (SSSR count). The maximum atomic E-state index is 6.20. The van der Waals surface area contributed by atoms with Crippen molar-refractivity contribution < 1.29 is 0 Å². The van der Waals surface area contributed by atoms with Crippen LogP contribution in [0.2, 0.25) is 10.0 Å². The predicted octanol–water partition coefficient (Wildman–Crippen LogP) is 6.39. The smallest absolute Gasteiger partial charge is 0.0453 e. The van der Waals surface area contributed by atoms with E-state index in [9.17, 15) is 0 Å². The zero-order chi connectivity index (χ0) is 15.5. The van der Waals surface area contributed by atoms with Crippen molar-refractivity contribution in [3.8, 4) is 0 Å². The quantitative estimate of drug-likeness (QED) is 0.467. The van der Waals surface area contributed by atoms with E-state index >= 15 is 0 Å². The van der Waals surface area contributed by atoms with Gasteiger partial charge >= 0.3 is 0 Å². The molecule has 2 N–H and O–H groups in total. The zero-order valence-electron chi connectivity index (χ0n) is 13.2. The van der Waals surface area contributed by atoms with Crippen LogP contribution in [-0.2, 0) is 6.42 Å². The van der Waals surface area contributed by atoms with Crippen molar-refractivity contribution in [2.45, 2.75) is 77.2 Å². The predicted molar refractivity (Wildman–Crippen MR) is 95.4 cm³/mol. The van der Waals surface area contributed by atoms with Crippen LogP contribution in [-0.4, -0.2) is 6.04 Å². The Morgan fingerprint density at radius 2 is 1.57 bits per heavy atom. The minimum atomic E-state index is 0.198. The highest BCUT2D eigenvalue weighted by atomic mass is 35.5. The van der Waals surface area contributed by atoms with Crippen LogP contribution in [0.5, 0.6) is 0 Å². The van der Waals surface area contributed by atoms with Gasteiger partial charge in [0.25, 0.3) is 0 Å². The summed E-state index contributed by atoms with van der Waals surface area (Å²) in [6.45, 7) is 2.26. The van der Waals surface area contributed by atoms with Crippen molar-refractivity contribution in [1.82, 2.24) is 0 Å². The van der Waals surface area contributed by atoms with Crippen molar-refractivity contribution >= 4 is 23.2 Å². The molecule has 0 radical (unpaired) electrons. The molecule has 0 aliphatic rings. The second kappa shape index (κ2) is 11.3. The lowest BCUT2D eigenvalue weighted by molar-refractivity contribution is 0.525. The van der Waals surface area contributed by atoms with E-state index in [1.807, 2.05) is 12.1 Å². The SMILES string of the molecule is CCCCCCCCCCC(N)Cc1ccc(Cl)cc1Cl. The summed E-state index contributed by atoms with van der Waals surface area (Å²) >= 11 is 12.1. The number of unbranched alkanes of at least 4 members (excludes halogenated alkanes) is 7. The molecule has 1 nitrogen and oxygen atoms in total. The van der Waals surface area contributed by atoms with Gasteiger partial charge in [0.2, 0.25) is 0 Å². The van der Waals surface area contributed by atoms with E-state index in [0.717, 1.165) is 23.4 Å². The summed E-state index contributed by atoms with van der Waals surface area (Å²) in [7, 11) is 0. The molecule has 0 heterocycles. The van der Waals surface area contributed by atoms with Gasteiger partial charge in [0.15, 0.2) is 0 Å². The van der Waals surface area contributed by atoms with Crippen LogP contribution >= 0.6 is 23.2 Å². The highest BCUT2D eigenvalue weighted by molar-refractivity contribution is 6.35. The van der Waals surface area contributed by atoms with Crippen LogP contribution < -0.4 is 5.73 Å². The summed E-state index contributed by atoms with van der Waals surface area (Å²) in [5, 5.41) is 1.41. The van der Waals surface area contributed by atoms with E-state index in [-0.39, 0.29) is 6.04 Å². The van der Waals surface area contributed by atoms with E-state index in [0.29, 0.717) is 5.02 Å². The Balaban J connectivity index is 2.10. The molecule has 21 heavy (non-hydrogen) atoms. The fraction of sp³-hybridized carbons (Fsp3) is 0.667. The highest BCUT2D eigenvalue weighted by Crippen LogP contribution is 2.22. The second-order valence-electron chi connectivity index (χ2n) is 5.96.